The Kier molecular flexibility index (Phi) is 4.25. The van der Waals surface area contributed by atoms with Crippen molar-refractivity contribution < 1.29 is 0 Å². The van der Waals surface area contributed by atoms with Gasteiger partial charge in [0.05, 0.1) is 22.9 Å². The normalized spacial score (nSPS) is 17.8. The molecule has 28 heavy (non-hydrogen) atoms. The van der Waals surface area contributed by atoms with E-state index >= 15 is 0 Å². The summed E-state index contributed by atoms with van der Waals surface area (Å²) >= 11 is 6.33. The minimum Gasteiger partial charge on any atom is -0.323 e. The first kappa shape index (κ1) is 17.5. The third-order valence-electron chi connectivity index (χ3n) is 5.48. The van der Waals surface area contributed by atoms with E-state index in [1.54, 1.807) is 6.33 Å². The van der Waals surface area contributed by atoms with Gasteiger partial charge in [-0.3, -0.25) is 4.98 Å². The van der Waals surface area contributed by atoms with Crippen molar-refractivity contribution in [3.8, 4) is 0 Å². The Bertz CT molecular complexity index is 1180. The number of hydrogen-bond acceptors (Lipinski definition) is 5. The molecule has 3 aromatic heterocycles. The maximum atomic E-state index is 6.33. The Morgan fingerprint density at radius 3 is 2.82 bits per heavy atom. The van der Waals surface area contributed by atoms with Gasteiger partial charge < -0.3 is 9.47 Å². The zero-order chi connectivity index (χ0) is 19.3. The van der Waals surface area contributed by atoms with E-state index in [0.717, 1.165) is 58.7 Å². The summed E-state index contributed by atoms with van der Waals surface area (Å²) in [5.41, 5.74) is 4.91. The van der Waals surface area contributed by atoms with Crippen LogP contribution in [-0.2, 0) is 6.42 Å². The third kappa shape index (κ3) is 3.02. The van der Waals surface area contributed by atoms with Crippen LogP contribution in [0.1, 0.15) is 29.7 Å². The number of aryl methyl sites for hydroxylation is 1. The molecule has 0 radical (unpaired) electrons. The number of rotatable bonds is 3. The number of fused-ring (bicyclic) bond motifs is 3. The van der Waals surface area contributed by atoms with E-state index in [0.29, 0.717) is 17.5 Å². The molecule has 1 atom stereocenters. The fraction of sp³-hybridized carbons (Fsp3) is 0.333. The molecule has 0 bridgehead atoms. The van der Waals surface area contributed by atoms with Crippen molar-refractivity contribution >= 4 is 33.5 Å². The number of nitrogens with zero attached hydrogens (tertiary/aromatic N) is 6. The molecule has 1 aromatic carbocycles. The van der Waals surface area contributed by atoms with E-state index in [2.05, 4.69) is 31.5 Å². The largest absolute Gasteiger partial charge is 0.323 e. The molecule has 7 heteroatoms. The van der Waals surface area contributed by atoms with Gasteiger partial charge in [-0.15, -0.1) is 0 Å². The average molecular weight is 393 g/mol. The van der Waals surface area contributed by atoms with Crippen LogP contribution in [0.3, 0.4) is 0 Å². The van der Waals surface area contributed by atoms with Crippen LogP contribution in [0.2, 0.25) is 5.02 Å². The molecule has 1 aliphatic rings. The van der Waals surface area contributed by atoms with E-state index in [-0.39, 0.29) is 0 Å². The smallest absolute Gasteiger partial charge is 0.116 e. The fourth-order valence-electron chi connectivity index (χ4n) is 4.21. The number of halogens is 1. The van der Waals surface area contributed by atoms with Crippen molar-refractivity contribution in [2.75, 3.05) is 20.1 Å². The van der Waals surface area contributed by atoms with Gasteiger partial charge in [-0.05, 0) is 51.2 Å². The molecular weight excluding hydrogens is 372 g/mol. The zero-order valence-electron chi connectivity index (χ0n) is 15.9. The average Bonchev–Trinajstić information content (AvgIpc) is 3.24. The van der Waals surface area contributed by atoms with Gasteiger partial charge in [0.1, 0.15) is 17.7 Å². The van der Waals surface area contributed by atoms with Crippen LogP contribution >= 0.6 is 11.6 Å². The van der Waals surface area contributed by atoms with Crippen molar-refractivity contribution in [3.63, 3.8) is 0 Å². The van der Waals surface area contributed by atoms with Crippen LogP contribution in [0, 0.1) is 6.92 Å². The molecule has 4 heterocycles. The van der Waals surface area contributed by atoms with Gasteiger partial charge in [-0.25, -0.2) is 15.0 Å². The summed E-state index contributed by atoms with van der Waals surface area (Å²) < 4.78 is 2.40. The lowest BCUT2D eigenvalue weighted by atomic mass is 10.1. The highest BCUT2D eigenvalue weighted by Gasteiger charge is 2.27. The van der Waals surface area contributed by atoms with E-state index in [9.17, 15) is 0 Å². The molecule has 0 N–H and O–H groups in total. The molecule has 0 saturated carbocycles. The number of likely N-dealkylation sites (tertiary alicyclic amines) is 1. The predicted octanol–water partition coefficient (Wildman–Crippen LogP) is 3.80. The van der Waals surface area contributed by atoms with E-state index in [1.807, 2.05) is 37.4 Å². The molecule has 1 saturated heterocycles. The van der Waals surface area contributed by atoms with Crippen LogP contribution in [0.4, 0.5) is 0 Å². The number of likely N-dealkylation sites (N-methyl/N-ethyl adjacent to an activating group) is 1. The van der Waals surface area contributed by atoms with Gasteiger partial charge in [0, 0.05) is 35.1 Å². The summed E-state index contributed by atoms with van der Waals surface area (Å²) in [5.74, 6) is 1.02. The topological polar surface area (TPSA) is 59.7 Å². The maximum Gasteiger partial charge on any atom is 0.116 e. The van der Waals surface area contributed by atoms with Crippen LogP contribution in [0.5, 0.6) is 0 Å². The summed E-state index contributed by atoms with van der Waals surface area (Å²) in [6.07, 6.45) is 5.26. The summed E-state index contributed by atoms with van der Waals surface area (Å²) in [6, 6.07) is 8.26. The Morgan fingerprint density at radius 1 is 1.14 bits per heavy atom. The molecular formula is C21H21ClN6. The number of aromatic nitrogens is 5. The number of benzene rings is 1. The molecule has 0 spiro atoms. The van der Waals surface area contributed by atoms with Gasteiger partial charge in [0.15, 0.2) is 0 Å². The van der Waals surface area contributed by atoms with Crippen LogP contribution < -0.4 is 0 Å². The Morgan fingerprint density at radius 2 is 2.04 bits per heavy atom. The minimum atomic E-state index is 0.373. The second-order valence-corrected chi connectivity index (χ2v) is 8.02. The summed E-state index contributed by atoms with van der Waals surface area (Å²) in [4.78, 5) is 20.6. The first-order valence-corrected chi connectivity index (χ1v) is 9.87. The fourth-order valence-corrected chi connectivity index (χ4v) is 4.38. The van der Waals surface area contributed by atoms with E-state index in [4.69, 9.17) is 16.6 Å². The monoisotopic (exact) mass is 392 g/mol. The van der Waals surface area contributed by atoms with E-state index < -0.39 is 0 Å². The zero-order valence-corrected chi connectivity index (χ0v) is 16.7. The Labute approximate surface area is 168 Å². The summed E-state index contributed by atoms with van der Waals surface area (Å²) in [6.45, 7) is 4.07. The van der Waals surface area contributed by atoms with Crippen molar-refractivity contribution in [2.45, 2.75) is 25.8 Å². The molecule has 0 unspecified atom stereocenters. The Hall–Kier alpha value is -2.57. The predicted molar refractivity (Wildman–Crippen MR) is 111 cm³/mol. The van der Waals surface area contributed by atoms with Gasteiger partial charge in [0.2, 0.25) is 0 Å². The highest BCUT2D eigenvalue weighted by molar-refractivity contribution is 6.31. The van der Waals surface area contributed by atoms with Crippen molar-refractivity contribution in [2.24, 2.45) is 0 Å². The molecule has 0 amide bonds. The summed E-state index contributed by atoms with van der Waals surface area (Å²) in [5, 5.41) is 1.77. The van der Waals surface area contributed by atoms with Crippen molar-refractivity contribution in [1.82, 2.24) is 29.4 Å². The van der Waals surface area contributed by atoms with Crippen LogP contribution in [0.25, 0.3) is 21.9 Å². The van der Waals surface area contributed by atoms with Crippen molar-refractivity contribution in [1.29, 1.82) is 0 Å². The molecule has 142 valence electrons. The molecule has 1 fully saturated rings. The first-order valence-electron chi connectivity index (χ1n) is 9.49. The quantitative estimate of drug-likeness (QED) is 0.530. The molecule has 5 rings (SSSR count). The standard InChI is InChI=1S/C21H21ClN6/c1-13-7-15(25-12-24-13)9-20-26-19-10-23-18-4-3-14(22)8-17(18)21(19)28(20)16-5-6-27(2)11-16/h3-4,7-8,10,12,16H,5-6,9,11H2,1-2H3/t16-/m1/s1. The highest BCUT2D eigenvalue weighted by atomic mass is 35.5. The van der Waals surface area contributed by atoms with Crippen LogP contribution in [-0.4, -0.2) is 49.5 Å². The molecule has 4 aromatic rings. The Balaban J connectivity index is 1.74. The van der Waals surface area contributed by atoms with Gasteiger partial charge in [0.25, 0.3) is 0 Å². The third-order valence-corrected chi connectivity index (χ3v) is 5.72. The van der Waals surface area contributed by atoms with Crippen LogP contribution in [0.15, 0.2) is 36.8 Å². The highest BCUT2D eigenvalue weighted by Crippen LogP contribution is 2.33. The molecule has 1 aliphatic heterocycles. The van der Waals surface area contributed by atoms with Gasteiger partial charge >= 0.3 is 0 Å². The summed E-state index contributed by atoms with van der Waals surface area (Å²) in [7, 11) is 2.17. The lowest BCUT2D eigenvalue weighted by molar-refractivity contribution is 0.392. The molecule has 6 nitrogen and oxygen atoms in total. The SMILES string of the molecule is Cc1cc(Cc2nc3cnc4ccc(Cl)cc4c3n2[C@@H]2CCN(C)C2)ncn1. The number of pyridine rings is 1. The van der Waals surface area contributed by atoms with Gasteiger partial charge in [-0.2, -0.15) is 0 Å². The second kappa shape index (κ2) is 6.79. The molecule has 0 aliphatic carbocycles. The van der Waals surface area contributed by atoms with Crippen molar-refractivity contribution in [3.05, 3.63) is 59.0 Å². The maximum absolute atomic E-state index is 6.33. The second-order valence-electron chi connectivity index (χ2n) is 7.58. The number of hydrogen-bond donors (Lipinski definition) is 0. The number of imidazole rings is 1. The lowest BCUT2D eigenvalue weighted by Crippen LogP contribution is -2.18. The lowest BCUT2D eigenvalue weighted by Gasteiger charge is -2.18. The first-order chi connectivity index (χ1) is 13.6. The van der Waals surface area contributed by atoms with E-state index in [1.165, 1.54) is 0 Å². The van der Waals surface area contributed by atoms with Gasteiger partial charge in [-0.1, -0.05) is 11.6 Å². The minimum absolute atomic E-state index is 0.373.